The molecule has 1 heterocycles. The van der Waals surface area contributed by atoms with Gasteiger partial charge in [0.05, 0.1) is 17.0 Å². The number of carboxylic acids is 1. The number of hydrogen-bond donors (Lipinski definition) is 1. The van der Waals surface area contributed by atoms with Crippen LogP contribution in [0.15, 0.2) is 18.2 Å². The number of carboxylic acid groups (broad SMARTS) is 1. The Morgan fingerprint density at radius 1 is 1.50 bits per heavy atom. The molecule has 1 aliphatic carbocycles. The molecule has 5 heteroatoms. The SMILES string of the molecule is CCn1c(C2C(C(=O)O)C2(C)C)nc2cc(F)ccc21. The molecule has 4 nitrogen and oxygen atoms in total. The molecule has 2 aromatic rings. The van der Waals surface area contributed by atoms with Crippen molar-refractivity contribution in [2.24, 2.45) is 11.3 Å². The number of aryl methyl sites for hydroxylation is 1. The summed E-state index contributed by atoms with van der Waals surface area (Å²) in [7, 11) is 0. The van der Waals surface area contributed by atoms with Crippen LogP contribution in [0.4, 0.5) is 4.39 Å². The lowest BCUT2D eigenvalue weighted by molar-refractivity contribution is -0.139. The number of imidazole rings is 1. The molecule has 1 fully saturated rings. The first-order chi connectivity index (χ1) is 9.37. The minimum atomic E-state index is -0.791. The van der Waals surface area contributed by atoms with Gasteiger partial charge in [-0.05, 0) is 24.5 Å². The van der Waals surface area contributed by atoms with Crippen molar-refractivity contribution in [3.8, 4) is 0 Å². The van der Waals surface area contributed by atoms with E-state index in [4.69, 9.17) is 0 Å². The van der Waals surface area contributed by atoms with Gasteiger partial charge in [0.1, 0.15) is 11.6 Å². The van der Waals surface area contributed by atoms with Crippen LogP contribution < -0.4 is 0 Å². The maximum absolute atomic E-state index is 13.3. The van der Waals surface area contributed by atoms with Gasteiger partial charge in [0.25, 0.3) is 0 Å². The van der Waals surface area contributed by atoms with Gasteiger partial charge in [-0.25, -0.2) is 9.37 Å². The number of aliphatic carboxylic acids is 1. The van der Waals surface area contributed by atoms with Crippen LogP contribution in [0.25, 0.3) is 11.0 Å². The molecule has 1 saturated carbocycles. The van der Waals surface area contributed by atoms with Crippen molar-refractivity contribution in [3.63, 3.8) is 0 Å². The third-order valence-electron chi connectivity index (χ3n) is 4.43. The predicted octanol–water partition coefficient (Wildman–Crippen LogP) is 3.02. The monoisotopic (exact) mass is 276 g/mol. The zero-order valence-electron chi connectivity index (χ0n) is 11.7. The summed E-state index contributed by atoms with van der Waals surface area (Å²) in [5, 5.41) is 9.31. The van der Waals surface area contributed by atoms with Crippen molar-refractivity contribution in [2.45, 2.75) is 33.2 Å². The molecule has 2 unspecified atom stereocenters. The normalized spacial score (nSPS) is 24.0. The van der Waals surface area contributed by atoms with Gasteiger partial charge >= 0.3 is 5.97 Å². The molecule has 1 aromatic heterocycles. The Balaban J connectivity index is 2.15. The lowest BCUT2D eigenvalue weighted by Gasteiger charge is -2.06. The highest BCUT2D eigenvalue weighted by Crippen LogP contribution is 2.64. The number of carbonyl (C=O) groups is 1. The molecule has 1 aromatic carbocycles. The Bertz CT molecular complexity index is 705. The molecule has 0 spiro atoms. The van der Waals surface area contributed by atoms with Crippen molar-refractivity contribution in [2.75, 3.05) is 0 Å². The van der Waals surface area contributed by atoms with E-state index in [0.29, 0.717) is 12.1 Å². The highest BCUT2D eigenvalue weighted by Gasteiger charge is 2.64. The molecule has 1 N–H and O–H groups in total. The summed E-state index contributed by atoms with van der Waals surface area (Å²) in [5.41, 5.74) is 1.14. The Kier molecular flexibility index (Phi) is 2.64. The summed E-state index contributed by atoms with van der Waals surface area (Å²) in [5.74, 6) is -0.897. The van der Waals surface area contributed by atoms with E-state index in [2.05, 4.69) is 4.98 Å². The van der Waals surface area contributed by atoms with E-state index in [1.54, 1.807) is 6.07 Å². The van der Waals surface area contributed by atoms with Gasteiger partial charge in [-0.2, -0.15) is 0 Å². The summed E-state index contributed by atoms with van der Waals surface area (Å²) in [6.07, 6.45) is 0. The second-order valence-corrected chi connectivity index (χ2v) is 5.96. The number of halogens is 1. The molecule has 0 radical (unpaired) electrons. The summed E-state index contributed by atoms with van der Waals surface area (Å²) < 4.78 is 15.3. The average molecular weight is 276 g/mol. The van der Waals surface area contributed by atoms with Crippen LogP contribution in [0.5, 0.6) is 0 Å². The van der Waals surface area contributed by atoms with E-state index in [-0.39, 0.29) is 17.2 Å². The second-order valence-electron chi connectivity index (χ2n) is 5.96. The molecule has 3 rings (SSSR count). The molecule has 2 atom stereocenters. The van der Waals surface area contributed by atoms with E-state index in [1.807, 2.05) is 25.3 Å². The molecule has 20 heavy (non-hydrogen) atoms. The third-order valence-corrected chi connectivity index (χ3v) is 4.43. The highest BCUT2D eigenvalue weighted by molar-refractivity contribution is 5.80. The van der Waals surface area contributed by atoms with Crippen LogP contribution in [-0.2, 0) is 11.3 Å². The van der Waals surface area contributed by atoms with Gasteiger partial charge in [0.15, 0.2) is 0 Å². The molecular weight excluding hydrogens is 259 g/mol. The summed E-state index contributed by atoms with van der Waals surface area (Å²) in [6.45, 7) is 6.56. The zero-order valence-corrected chi connectivity index (χ0v) is 11.7. The first-order valence-electron chi connectivity index (χ1n) is 6.76. The number of rotatable bonds is 3. The Morgan fingerprint density at radius 3 is 2.75 bits per heavy atom. The van der Waals surface area contributed by atoms with Crippen molar-refractivity contribution in [3.05, 3.63) is 29.8 Å². The maximum Gasteiger partial charge on any atom is 0.307 e. The van der Waals surface area contributed by atoms with Gasteiger partial charge in [0.2, 0.25) is 0 Å². The minimum Gasteiger partial charge on any atom is -0.481 e. The van der Waals surface area contributed by atoms with E-state index < -0.39 is 11.9 Å². The topological polar surface area (TPSA) is 55.1 Å². The van der Waals surface area contributed by atoms with Crippen LogP contribution in [0.2, 0.25) is 0 Å². The molecule has 0 amide bonds. The lowest BCUT2D eigenvalue weighted by atomic mass is 10.1. The van der Waals surface area contributed by atoms with E-state index in [1.165, 1.54) is 12.1 Å². The van der Waals surface area contributed by atoms with E-state index in [0.717, 1.165) is 11.3 Å². The second kappa shape index (κ2) is 4.04. The van der Waals surface area contributed by atoms with Crippen molar-refractivity contribution in [1.29, 1.82) is 0 Å². The van der Waals surface area contributed by atoms with Crippen LogP contribution in [0.3, 0.4) is 0 Å². The molecular formula is C15H17FN2O2. The van der Waals surface area contributed by atoms with Gasteiger partial charge in [0, 0.05) is 18.5 Å². The minimum absolute atomic E-state index is 0.115. The van der Waals surface area contributed by atoms with Crippen molar-refractivity contribution in [1.82, 2.24) is 9.55 Å². The highest BCUT2D eigenvalue weighted by atomic mass is 19.1. The molecule has 106 valence electrons. The maximum atomic E-state index is 13.3. The number of nitrogens with zero attached hydrogens (tertiary/aromatic N) is 2. The van der Waals surface area contributed by atoms with Gasteiger partial charge < -0.3 is 9.67 Å². The average Bonchev–Trinajstić information content (AvgIpc) is 2.77. The molecule has 0 bridgehead atoms. The standard InChI is InChI=1S/C15H17FN2O2/c1-4-18-10-6-5-8(16)7-9(10)17-13(18)11-12(14(19)20)15(11,2)3/h5-7,11-12H,4H2,1-3H3,(H,19,20). The quantitative estimate of drug-likeness (QED) is 0.937. The first kappa shape index (κ1) is 13.1. The number of aromatic nitrogens is 2. The van der Waals surface area contributed by atoms with Gasteiger partial charge in [-0.3, -0.25) is 4.79 Å². The van der Waals surface area contributed by atoms with Crippen molar-refractivity contribution < 1.29 is 14.3 Å². The first-order valence-corrected chi connectivity index (χ1v) is 6.76. The van der Waals surface area contributed by atoms with Crippen LogP contribution in [0.1, 0.15) is 32.5 Å². The smallest absolute Gasteiger partial charge is 0.307 e. The fourth-order valence-corrected chi connectivity index (χ4v) is 3.27. The van der Waals surface area contributed by atoms with E-state index >= 15 is 0 Å². The molecule has 1 aliphatic rings. The predicted molar refractivity (Wildman–Crippen MR) is 73.0 cm³/mol. The Labute approximate surface area is 116 Å². The number of benzene rings is 1. The summed E-state index contributed by atoms with van der Waals surface area (Å²) >= 11 is 0. The van der Waals surface area contributed by atoms with Crippen LogP contribution >= 0.6 is 0 Å². The largest absolute Gasteiger partial charge is 0.481 e. The fraction of sp³-hybridized carbons (Fsp3) is 0.467. The summed E-state index contributed by atoms with van der Waals surface area (Å²) in [6, 6.07) is 4.51. The zero-order chi connectivity index (χ0) is 14.7. The Morgan fingerprint density at radius 2 is 2.20 bits per heavy atom. The molecule has 0 saturated heterocycles. The number of hydrogen-bond acceptors (Lipinski definition) is 2. The summed E-state index contributed by atoms with van der Waals surface area (Å²) in [4.78, 5) is 15.8. The van der Waals surface area contributed by atoms with Crippen LogP contribution in [-0.4, -0.2) is 20.6 Å². The van der Waals surface area contributed by atoms with E-state index in [9.17, 15) is 14.3 Å². The lowest BCUT2D eigenvalue weighted by Crippen LogP contribution is -2.04. The van der Waals surface area contributed by atoms with Gasteiger partial charge in [-0.15, -0.1) is 0 Å². The van der Waals surface area contributed by atoms with Gasteiger partial charge in [-0.1, -0.05) is 13.8 Å². The van der Waals surface area contributed by atoms with Crippen molar-refractivity contribution >= 4 is 17.0 Å². The van der Waals surface area contributed by atoms with Crippen LogP contribution in [0, 0.1) is 17.2 Å². The third kappa shape index (κ3) is 1.65. The Hall–Kier alpha value is -1.91. The number of fused-ring (bicyclic) bond motifs is 1. The fourth-order valence-electron chi connectivity index (χ4n) is 3.27. The molecule has 0 aliphatic heterocycles.